The smallest absolute Gasteiger partial charge is 0.264 e. The van der Waals surface area contributed by atoms with E-state index in [1.807, 2.05) is 0 Å². The Hall–Kier alpha value is -1.05. The Morgan fingerprint density at radius 3 is 2.50 bits per heavy atom. The molecule has 0 radical (unpaired) electrons. The van der Waals surface area contributed by atoms with E-state index >= 15 is 0 Å². The molecular weight excluding hydrogens is 266 g/mol. The van der Waals surface area contributed by atoms with Crippen molar-refractivity contribution in [2.75, 3.05) is 26.1 Å². The quantitative estimate of drug-likeness (QED) is 0.561. The molecule has 1 aromatic rings. The van der Waals surface area contributed by atoms with Gasteiger partial charge in [0.25, 0.3) is 10.1 Å². The van der Waals surface area contributed by atoms with Gasteiger partial charge in [-0.3, -0.25) is 4.18 Å². The number of ether oxygens (including phenoxy) is 1. The lowest BCUT2D eigenvalue weighted by Gasteiger charge is -2.05. The molecule has 102 valence electrons. The second-order valence-corrected chi connectivity index (χ2v) is 5.27. The van der Waals surface area contributed by atoms with Crippen molar-refractivity contribution in [1.29, 1.82) is 0 Å². The molecule has 0 saturated heterocycles. The van der Waals surface area contributed by atoms with Crippen molar-refractivity contribution in [2.24, 2.45) is 0 Å². The molecule has 0 N–H and O–H groups in total. The minimum absolute atomic E-state index is 0.0786. The summed E-state index contributed by atoms with van der Waals surface area (Å²) in [5.74, 6) is -1.25. The molecule has 1 rings (SSSR count). The molecule has 0 spiro atoms. The molecule has 18 heavy (non-hydrogen) atoms. The van der Waals surface area contributed by atoms with E-state index < -0.39 is 21.8 Å². The van der Waals surface area contributed by atoms with Crippen molar-refractivity contribution < 1.29 is 26.1 Å². The van der Waals surface area contributed by atoms with Gasteiger partial charge in [-0.25, -0.2) is 8.78 Å². The molecule has 0 amide bonds. The normalized spacial score (nSPS) is 11.7. The summed E-state index contributed by atoms with van der Waals surface area (Å²) in [7, 11) is -3.46. The summed E-state index contributed by atoms with van der Waals surface area (Å²) in [5.41, 5.74) is 0.348. The molecule has 4 nitrogen and oxygen atoms in total. The fraction of sp³-hybridized carbons (Fsp3) is 0.455. The number of hydrogen-bond donors (Lipinski definition) is 0. The van der Waals surface area contributed by atoms with E-state index in [2.05, 4.69) is 4.18 Å². The van der Waals surface area contributed by atoms with Crippen LogP contribution in [0.15, 0.2) is 18.2 Å². The molecule has 1 aromatic carbocycles. The fourth-order valence-electron chi connectivity index (χ4n) is 1.25. The van der Waals surface area contributed by atoms with Crippen LogP contribution in [-0.2, 0) is 25.5 Å². The molecule has 7 heteroatoms. The summed E-state index contributed by atoms with van der Waals surface area (Å²) in [6, 6.07) is 3.33. The zero-order chi connectivity index (χ0) is 13.6. The maximum absolute atomic E-state index is 13.2. The van der Waals surface area contributed by atoms with Crippen molar-refractivity contribution in [3.05, 3.63) is 35.4 Å². The standard InChI is InChI=1S/C11H14F2O4S/c1-18(14,15)17-7-6-16-5-4-9-2-3-10(12)8-11(9)13/h2-3,8H,4-7H2,1H3. The predicted octanol–water partition coefficient (Wildman–Crippen LogP) is 1.50. The molecule has 0 aliphatic rings. The van der Waals surface area contributed by atoms with Crippen molar-refractivity contribution in [2.45, 2.75) is 6.42 Å². The maximum atomic E-state index is 13.2. The Kier molecular flexibility index (Phi) is 5.64. The summed E-state index contributed by atoms with van der Waals surface area (Å²) in [6.07, 6.45) is 1.23. The first-order valence-electron chi connectivity index (χ1n) is 5.24. The van der Waals surface area contributed by atoms with Crippen LogP contribution in [0.1, 0.15) is 5.56 Å². The molecule has 0 aliphatic carbocycles. The Bertz CT molecular complexity index is 488. The number of rotatable bonds is 7. The Morgan fingerprint density at radius 1 is 1.17 bits per heavy atom. The first-order valence-corrected chi connectivity index (χ1v) is 7.06. The molecule has 0 unspecified atom stereocenters. The summed E-state index contributed by atoms with van der Waals surface area (Å²) < 4.78 is 56.5. The minimum atomic E-state index is -3.46. The van der Waals surface area contributed by atoms with E-state index in [-0.39, 0.29) is 26.2 Å². The lowest BCUT2D eigenvalue weighted by atomic mass is 10.1. The molecule has 0 saturated carbocycles. The number of hydrogen-bond acceptors (Lipinski definition) is 4. The van der Waals surface area contributed by atoms with E-state index in [1.165, 1.54) is 12.1 Å². The second-order valence-electron chi connectivity index (χ2n) is 3.62. The van der Waals surface area contributed by atoms with E-state index in [4.69, 9.17) is 4.74 Å². The van der Waals surface area contributed by atoms with Crippen molar-refractivity contribution in [3.8, 4) is 0 Å². The van der Waals surface area contributed by atoms with Gasteiger partial charge < -0.3 is 4.74 Å². The maximum Gasteiger partial charge on any atom is 0.264 e. The largest absolute Gasteiger partial charge is 0.379 e. The minimum Gasteiger partial charge on any atom is -0.379 e. The van der Waals surface area contributed by atoms with Crippen LogP contribution in [0, 0.1) is 11.6 Å². The summed E-state index contributed by atoms with van der Waals surface area (Å²) in [4.78, 5) is 0. The van der Waals surface area contributed by atoms with E-state index in [9.17, 15) is 17.2 Å². The first kappa shape index (κ1) is 15.0. The van der Waals surface area contributed by atoms with Gasteiger partial charge in [-0.05, 0) is 18.1 Å². The van der Waals surface area contributed by atoms with E-state index in [1.54, 1.807) is 0 Å². The van der Waals surface area contributed by atoms with Gasteiger partial charge in [0.1, 0.15) is 11.6 Å². The van der Waals surface area contributed by atoms with Crippen LogP contribution in [-0.4, -0.2) is 34.5 Å². The van der Waals surface area contributed by atoms with Gasteiger partial charge in [-0.2, -0.15) is 8.42 Å². The van der Waals surface area contributed by atoms with Crippen LogP contribution in [0.25, 0.3) is 0 Å². The van der Waals surface area contributed by atoms with Crippen molar-refractivity contribution in [3.63, 3.8) is 0 Å². The van der Waals surface area contributed by atoms with Gasteiger partial charge >= 0.3 is 0 Å². The highest BCUT2D eigenvalue weighted by Gasteiger charge is 2.04. The number of halogens is 2. The van der Waals surface area contributed by atoms with Crippen LogP contribution in [0.4, 0.5) is 8.78 Å². The monoisotopic (exact) mass is 280 g/mol. The van der Waals surface area contributed by atoms with Crippen LogP contribution in [0.3, 0.4) is 0 Å². The summed E-state index contributed by atoms with van der Waals surface area (Å²) in [6.45, 7) is 0.219. The molecule has 0 aromatic heterocycles. The highest BCUT2D eigenvalue weighted by Crippen LogP contribution is 2.10. The zero-order valence-corrected chi connectivity index (χ0v) is 10.7. The Morgan fingerprint density at radius 2 is 1.89 bits per heavy atom. The summed E-state index contributed by atoms with van der Waals surface area (Å²) >= 11 is 0. The third kappa shape index (κ3) is 6.04. The average molecular weight is 280 g/mol. The Balaban J connectivity index is 2.22. The van der Waals surface area contributed by atoms with Gasteiger partial charge in [-0.15, -0.1) is 0 Å². The van der Waals surface area contributed by atoms with Crippen molar-refractivity contribution in [1.82, 2.24) is 0 Å². The zero-order valence-electron chi connectivity index (χ0n) is 9.86. The highest BCUT2D eigenvalue weighted by molar-refractivity contribution is 7.85. The van der Waals surface area contributed by atoms with Crippen LogP contribution in [0.5, 0.6) is 0 Å². The third-order valence-corrected chi connectivity index (χ3v) is 2.65. The summed E-state index contributed by atoms with van der Waals surface area (Å²) in [5, 5.41) is 0. The topological polar surface area (TPSA) is 52.6 Å². The Labute approximate surface area is 105 Å². The van der Waals surface area contributed by atoms with E-state index in [0.717, 1.165) is 12.3 Å². The van der Waals surface area contributed by atoms with Crippen LogP contribution in [0.2, 0.25) is 0 Å². The van der Waals surface area contributed by atoms with Gasteiger partial charge in [0.05, 0.1) is 26.1 Å². The fourth-order valence-corrected chi connectivity index (χ4v) is 1.62. The number of benzene rings is 1. The van der Waals surface area contributed by atoms with Crippen LogP contribution < -0.4 is 0 Å². The highest BCUT2D eigenvalue weighted by atomic mass is 32.2. The average Bonchev–Trinajstić information content (AvgIpc) is 2.24. The van der Waals surface area contributed by atoms with Crippen LogP contribution >= 0.6 is 0 Å². The van der Waals surface area contributed by atoms with E-state index in [0.29, 0.717) is 5.56 Å². The van der Waals surface area contributed by atoms with Gasteiger partial charge in [0.2, 0.25) is 0 Å². The SMILES string of the molecule is CS(=O)(=O)OCCOCCc1ccc(F)cc1F. The second kappa shape index (κ2) is 6.77. The molecule has 0 heterocycles. The van der Waals surface area contributed by atoms with Crippen molar-refractivity contribution >= 4 is 10.1 Å². The lowest BCUT2D eigenvalue weighted by molar-refractivity contribution is 0.104. The molecule has 0 fully saturated rings. The predicted molar refractivity (Wildman–Crippen MR) is 61.7 cm³/mol. The molecule has 0 aliphatic heterocycles. The molecule has 0 bridgehead atoms. The lowest BCUT2D eigenvalue weighted by Crippen LogP contribution is -2.11. The van der Waals surface area contributed by atoms with Gasteiger partial charge in [0, 0.05) is 6.07 Å². The molecule has 0 atom stereocenters. The van der Waals surface area contributed by atoms with Gasteiger partial charge in [-0.1, -0.05) is 6.07 Å². The third-order valence-electron chi connectivity index (χ3n) is 2.06. The first-order chi connectivity index (χ1) is 8.38. The molecular formula is C11H14F2O4S. The van der Waals surface area contributed by atoms with Gasteiger partial charge in [0.15, 0.2) is 0 Å².